The van der Waals surface area contributed by atoms with Crippen LogP contribution in [-0.4, -0.2) is 21.3 Å². The van der Waals surface area contributed by atoms with E-state index >= 15 is 0 Å². The van der Waals surface area contributed by atoms with E-state index in [4.69, 9.17) is 0 Å². The van der Waals surface area contributed by atoms with E-state index in [1.165, 1.54) is 10.6 Å². The van der Waals surface area contributed by atoms with Gasteiger partial charge in [0.05, 0.1) is 11.2 Å². The van der Waals surface area contributed by atoms with E-state index in [1.807, 2.05) is 22.5 Å². The highest BCUT2D eigenvalue weighted by molar-refractivity contribution is 7.09. The fourth-order valence-electron chi connectivity index (χ4n) is 1.48. The third-order valence-electron chi connectivity index (χ3n) is 2.34. The van der Waals surface area contributed by atoms with Crippen molar-refractivity contribution in [3.63, 3.8) is 0 Å². The van der Waals surface area contributed by atoms with Gasteiger partial charge in [0, 0.05) is 49.4 Å². The molecule has 4 nitrogen and oxygen atoms in total. The average molecular weight is 236 g/mol. The minimum absolute atomic E-state index is 0.880. The molecule has 1 N–H and O–H groups in total. The number of thiazole rings is 1. The van der Waals surface area contributed by atoms with Crippen LogP contribution in [0.25, 0.3) is 0 Å². The quantitative estimate of drug-likeness (QED) is 0.776. The lowest BCUT2D eigenvalue weighted by Gasteiger charge is -2.00. The maximum absolute atomic E-state index is 4.24. The lowest BCUT2D eigenvalue weighted by atomic mass is 10.3. The zero-order valence-corrected chi connectivity index (χ0v) is 10.2. The van der Waals surface area contributed by atoms with E-state index in [0.717, 1.165) is 26.1 Å². The largest absolute Gasteiger partial charge is 0.312 e. The van der Waals surface area contributed by atoms with Crippen LogP contribution >= 0.6 is 11.3 Å². The van der Waals surface area contributed by atoms with Crippen LogP contribution in [0.15, 0.2) is 24.0 Å². The summed E-state index contributed by atoms with van der Waals surface area (Å²) in [6.07, 6.45) is 6.85. The fraction of sp³-hybridized carbons (Fsp3) is 0.455. The molecule has 5 heteroatoms. The van der Waals surface area contributed by atoms with Crippen LogP contribution < -0.4 is 5.32 Å². The second-order valence-corrected chi connectivity index (χ2v) is 4.54. The van der Waals surface area contributed by atoms with E-state index in [2.05, 4.69) is 28.5 Å². The van der Waals surface area contributed by atoms with Crippen LogP contribution in [0.4, 0.5) is 0 Å². The van der Waals surface area contributed by atoms with E-state index in [9.17, 15) is 0 Å². The number of hydrogen-bond donors (Lipinski definition) is 1. The average Bonchev–Trinajstić information content (AvgIpc) is 2.95. The van der Waals surface area contributed by atoms with Crippen LogP contribution in [-0.2, 0) is 19.5 Å². The molecular formula is C11H16N4S. The maximum atomic E-state index is 4.24. The van der Waals surface area contributed by atoms with Gasteiger partial charge in [0.25, 0.3) is 0 Å². The Morgan fingerprint density at radius 1 is 1.50 bits per heavy atom. The van der Waals surface area contributed by atoms with E-state index < -0.39 is 0 Å². The van der Waals surface area contributed by atoms with Gasteiger partial charge in [0.15, 0.2) is 0 Å². The molecule has 0 saturated carbocycles. The van der Waals surface area contributed by atoms with Crippen molar-refractivity contribution in [2.75, 3.05) is 6.54 Å². The van der Waals surface area contributed by atoms with Gasteiger partial charge in [-0.25, -0.2) is 4.98 Å². The highest BCUT2D eigenvalue weighted by Crippen LogP contribution is 2.03. The minimum atomic E-state index is 0.880. The predicted molar refractivity (Wildman–Crippen MR) is 65.4 cm³/mol. The van der Waals surface area contributed by atoms with Crippen LogP contribution in [0.3, 0.4) is 0 Å². The number of nitrogens with one attached hydrogen (secondary N) is 1. The van der Waals surface area contributed by atoms with Crippen molar-refractivity contribution in [2.45, 2.75) is 26.4 Å². The molecule has 0 fully saturated rings. The second kappa shape index (κ2) is 5.77. The molecule has 0 unspecified atom stereocenters. The van der Waals surface area contributed by atoms with Crippen molar-refractivity contribution >= 4 is 11.3 Å². The van der Waals surface area contributed by atoms with Gasteiger partial charge in [-0.2, -0.15) is 5.10 Å². The molecule has 16 heavy (non-hydrogen) atoms. The number of nitrogens with zero attached hydrogens (tertiary/aromatic N) is 3. The molecule has 0 aliphatic rings. The Morgan fingerprint density at radius 3 is 3.12 bits per heavy atom. The van der Waals surface area contributed by atoms with Crippen LogP contribution in [0, 0.1) is 0 Å². The number of rotatable bonds is 6. The van der Waals surface area contributed by atoms with Crippen LogP contribution in [0.1, 0.15) is 17.5 Å². The van der Waals surface area contributed by atoms with E-state index in [0.29, 0.717) is 0 Å². The summed E-state index contributed by atoms with van der Waals surface area (Å²) in [6.45, 7) is 4.86. The summed E-state index contributed by atoms with van der Waals surface area (Å²) in [4.78, 5) is 4.24. The molecule has 0 aliphatic carbocycles. The van der Waals surface area contributed by atoms with Gasteiger partial charge in [0.2, 0.25) is 0 Å². The third kappa shape index (κ3) is 3.15. The molecule has 2 aromatic heterocycles. The molecule has 0 aromatic carbocycles. The first kappa shape index (κ1) is 11.3. The van der Waals surface area contributed by atoms with Gasteiger partial charge in [-0.1, -0.05) is 0 Å². The molecule has 2 rings (SSSR count). The molecule has 0 atom stereocenters. The van der Waals surface area contributed by atoms with Gasteiger partial charge in [0.1, 0.15) is 0 Å². The topological polar surface area (TPSA) is 42.7 Å². The van der Waals surface area contributed by atoms with Crippen molar-refractivity contribution in [3.8, 4) is 0 Å². The lowest BCUT2D eigenvalue weighted by Crippen LogP contribution is -2.16. The maximum Gasteiger partial charge on any atom is 0.0937 e. The molecule has 0 saturated heterocycles. The summed E-state index contributed by atoms with van der Waals surface area (Å²) in [6, 6.07) is 0. The highest BCUT2D eigenvalue weighted by Gasteiger charge is 1.98. The first-order valence-corrected chi connectivity index (χ1v) is 6.37. The molecule has 0 spiro atoms. The summed E-state index contributed by atoms with van der Waals surface area (Å²) < 4.78 is 1.94. The van der Waals surface area contributed by atoms with Gasteiger partial charge >= 0.3 is 0 Å². The molecule has 0 radical (unpaired) electrons. The zero-order valence-electron chi connectivity index (χ0n) is 9.39. The molecule has 86 valence electrons. The summed E-state index contributed by atoms with van der Waals surface area (Å²) in [5.74, 6) is 0. The molecule has 2 heterocycles. The van der Waals surface area contributed by atoms with Crippen molar-refractivity contribution in [3.05, 3.63) is 34.5 Å². The van der Waals surface area contributed by atoms with Gasteiger partial charge in [-0.15, -0.1) is 11.3 Å². The summed E-state index contributed by atoms with van der Waals surface area (Å²) in [5, 5.41) is 10.8. The van der Waals surface area contributed by atoms with Gasteiger partial charge in [-0.05, 0) is 6.92 Å². The first-order valence-electron chi connectivity index (χ1n) is 5.49. The summed E-state index contributed by atoms with van der Waals surface area (Å²) in [5.41, 5.74) is 1.24. The lowest BCUT2D eigenvalue weighted by molar-refractivity contribution is 0.655. The molecular weight excluding hydrogens is 220 g/mol. The smallest absolute Gasteiger partial charge is 0.0937 e. The Hall–Kier alpha value is -1.20. The minimum Gasteiger partial charge on any atom is -0.312 e. The SMILES string of the molecule is CCn1cc(CNCCc2nccs2)cn1. The van der Waals surface area contributed by atoms with Gasteiger partial charge < -0.3 is 5.32 Å². The van der Waals surface area contributed by atoms with Gasteiger partial charge in [-0.3, -0.25) is 4.68 Å². The second-order valence-electron chi connectivity index (χ2n) is 3.56. The molecule has 0 aliphatic heterocycles. The highest BCUT2D eigenvalue weighted by atomic mass is 32.1. The van der Waals surface area contributed by atoms with Crippen molar-refractivity contribution in [1.82, 2.24) is 20.1 Å². The number of hydrogen-bond acceptors (Lipinski definition) is 4. The monoisotopic (exact) mass is 236 g/mol. The summed E-state index contributed by atoms with van der Waals surface area (Å²) in [7, 11) is 0. The molecule has 0 amide bonds. The van der Waals surface area contributed by atoms with E-state index in [-0.39, 0.29) is 0 Å². The normalized spacial score (nSPS) is 10.8. The Kier molecular flexibility index (Phi) is 4.07. The third-order valence-corrected chi connectivity index (χ3v) is 3.18. The number of aromatic nitrogens is 3. The Morgan fingerprint density at radius 2 is 2.44 bits per heavy atom. The Labute approximate surface area is 99.3 Å². The predicted octanol–water partition coefficient (Wildman–Crippen LogP) is 1.69. The van der Waals surface area contributed by atoms with Crippen molar-refractivity contribution < 1.29 is 0 Å². The summed E-state index contributed by atoms with van der Waals surface area (Å²) >= 11 is 1.71. The van der Waals surface area contributed by atoms with Crippen LogP contribution in [0.2, 0.25) is 0 Å². The van der Waals surface area contributed by atoms with Crippen molar-refractivity contribution in [1.29, 1.82) is 0 Å². The first-order chi connectivity index (χ1) is 7.88. The van der Waals surface area contributed by atoms with E-state index in [1.54, 1.807) is 11.3 Å². The van der Waals surface area contributed by atoms with Crippen LogP contribution in [0.5, 0.6) is 0 Å². The standard InChI is InChI=1S/C11H16N4S/c1-2-15-9-10(8-14-15)7-12-4-3-11-13-5-6-16-11/h5-6,8-9,12H,2-4,7H2,1H3. The van der Waals surface area contributed by atoms with Crippen molar-refractivity contribution in [2.24, 2.45) is 0 Å². The fourth-order valence-corrected chi connectivity index (χ4v) is 2.10. The zero-order chi connectivity index (χ0) is 11.2. The molecule has 0 bridgehead atoms. The number of aryl methyl sites for hydroxylation is 1. The Balaban J connectivity index is 1.68. The Bertz CT molecular complexity index is 407. The molecule has 2 aromatic rings.